The molecule has 0 fully saturated rings. The molecule has 1 aromatic carbocycles. The molecule has 1 aromatic heterocycles. The topological polar surface area (TPSA) is 54.1 Å². The predicted molar refractivity (Wildman–Crippen MR) is 74.3 cm³/mol. The summed E-state index contributed by atoms with van der Waals surface area (Å²) in [7, 11) is 1.60. The number of carbonyl (C=O) groups is 1. The van der Waals surface area contributed by atoms with Gasteiger partial charge in [0.05, 0.1) is 6.10 Å². The molecule has 0 spiro atoms. The second kappa shape index (κ2) is 6.41. The minimum atomic E-state index is -0.224. The lowest BCUT2D eigenvalue weighted by molar-refractivity contribution is 0.0824. The van der Waals surface area contributed by atoms with Gasteiger partial charge in [-0.25, -0.2) is 0 Å². The van der Waals surface area contributed by atoms with Gasteiger partial charge in [0, 0.05) is 24.9 Å². The fourth-order valence-corrected chi connectivity index (χ4v) is 2.00. The third-order valence-electron chi connectivity index (χ3n) is 2.80. The average molecular weight is 279 g/mol. The van der Waals surface area contributed by atoms with Gasteiger partial charge in [-0.3, -0.25) is 4.79 Å². The first-order valence-corrected chi connectivity index (χ1v) is 6.28. The highest BCUT2D eigenvalue weighted by Gasteiger charge is 2.13. The second-order valence-corrected chi connectivity index (χ2v) is 4.51. The molecule has 0 saturated heterocycles. The number of rotatable bonds is 5. The van der Waals surface area contributed by atoms with E-state index >= 15 is 0 Å². The Morgan fingerprint density at radius 2 is 2.26 bits per heavy atom. The molecule has 2 N–H and O–H groups in total. The molecule has 0 bridgehead atoms. The molecule has 1 amide bonds. The maximum absolute atomic E-state index is 11.8. The SMILES string of the molecule is CO[C@H](CNC(=O)c1ccc[nH]1)c1cccc(Cl)c1. The van der Waals surface area contributed by atoms with E-state index in [1.807, 2.05) is 18.2 Å². The molecule has 0 aliphatic carbocycles. The number of amides is 1. The Morgan fingerprint density at radius 1 is 1.42 bits per heavy atom. The van der Waals surface area contributed by atoms with E-state index in [2.05, 4.69) is 10.3 Å². The fourth-order valence-electron chi connectivity index (χ4n) is 1.80. The highest BCUT2D eigenvalue weighted by molar-refractivity contribution is 6.30. The zero-order chi connectivity index (χ0) is 13.7. The van der Waals surface area contributed by atoms with Crippen LogP contribution in [0.2, 0.25) is 5.02 Å². The number of H-pyrrole nitrogens is 1. The van der Waals surface area contributed by atoms with Gasteiger partial charge in [-0.2, -0.15) is 0 Å². The quantitative estimate of drug-likeness (QED) is 0.884. The van der Waals surface area contributed by atoms with Crippen LogP contribution < -0.4 is 5.32 Å². The van der Waals surface area contributed by atoms with E-state index in [1.54, 1.807) is 31.5 Å². The van der Waals surface area contributed by atoms with E-state index in [-0.39, 0.29) is 12.0 Å². The van der Waals surface area contributed by atoms with Crippen LogP contribution in [0.25, 0.3) is 0 Å². The Labute approximate surface area is 116 Å². The van der Waals surface area contributed by atoms with Crippen LogP contribution in [-0.4, -0.2) is 24.5 Å². The zero-order valence-corrected chi connectivity index (χ0v) is 11.3. The van der Waals surface area contributed by atoms with Gasteiger partial charge in [-0.1, -0.05) is 23.7 Å². The number of hydrogen-bond donors (Lipinski definition) is 2. The Bertz CT molecular complexity index is 540. The monoisotopic (exact) mass is 278 g/mol. The Balaban J connectivity index is 1.98. The third kappa shape index (κ3) is 3.59. The van der Waals surface area contributed by atoms with Crippen LogP contribution in [0.3, 0.4) is 0 Å². The van der Waals surface area contributed by atoms with Crippen molar-refractivity contribution in [3.05, 3.63) is 58.9 Å². The predicted octanol–water partition coefficient (Wildman–Crippen LogP) is 2.79. The van der Waals surface area contributed by atoms with Gasteiger partial charge in [-0.05, 0) is 29.8 Å². The number of hydrogen-bond acceptors (Lipinski definition) is 2. The van der Waals surface area contributed by atoms with Crippen LogP contribution in [-0.2, 0) is 4.74 Å². The first-order chi connectivity index (χ1) is 9.20. The molecule has 100 valence electrons. The average Bonchev–Trinajstić information content (AvgIpc) is 2.93. The Morgan fingerprint density at radius 3 is 2.89 bits per heavy atom. The number of aromatic nitrogens is 1. The summed E-state index contributed by atoms with van der Waals surface area (Å²) in [5, 5.41) is 3.46. The summed E-state index contributed by atoms with van der Waals surface area (Å²) >= 11 is 5.94. The summed E-state index contributed by atoms with van der Waals surface area (Å²) in [6, 6.07) is 10.9. The molecule has 2 rings (SSSR count). The maximum atomic E-state index is 11.8. The first-order valence-electron chi connectivity index (χ1n) is 5.90. The normalized spacial score (nSPS) is 12.1. The van der Waals surface area contributed by atoms with E-state index in [0.29, 0.717) is 17.3 Å². The number of methoxy groups -OCH3 is 1. The minimum absolute atomic E-state index is 0.158. The van der Waals surface area contributed by atoms with Gasteiger partial charge in [0.1, 0.15) is 5.69 Å². The van der Waals surface area contributed by atoms with Crippen LogP contribution >= 0.6 is 11.6 Å². The number of nitrogens with one attached hydrogen (secondary N) is 2. The number of halogens is 1. The van der Waals surface area contributed by atoms with Gasteiger partial charge < -0.3 is 15.0 Å². The number of aromatic amines is 1. The van der Waals surface area contributed by atoms with Gasteiger partial charge in [0.15, 0.2) is 0 Å². The lowest BCUT2D eigenvalue weighted by Crippen LogP contribution is -2.29. The van der Waals surface area contributed by atoms with E-state index in [9.17, 15) is 4.79 Å². The van der Waals surface area contributed by atoms with Gasteiger partial charge in [0.2, 0.25) is 0 Å². The largest absolute Gasteiger partial charge is 0.375 e. The summed E-state index contributed by atoms with van der Waals surface area (Å²) < 4.78 is 5.38. The number of carbonyl (C=O) groups excluding carboxylic acids is 1. The molecular formula is C14H15ClN2O2. The molecule has 0 aliphatic heterocycles. The molecule has 0 aliphatic rings. The summed E-state index contributed by atoms with van der Waals surface area (Å²) in [6.07, 6.45) is 1.48. The van der Waals surface area contributed by atoms with Crippen LogP contribution in [0.1, 0.15) is 22.2 Å². The molecule has 2 aromatic rings. The van der Waals surface area contributed by atoms with E-state index in [4.69, 9.17) is 16.3 Å². The highest BCUT2D eigenvalue weighted by atomic mass is 35.5. The van der Waals surface area contributed by atoms with Crippen LogP contribution in [0, 0.1) is 0 Å². The fraction of sp³-hybridized carbons (Fsp3) is 0.214. The molecule has 5 heteroatoms. The smallest absolute Gasteiger partial charge is 0.267 e. The third-order valence-corrected chi connectivity index (χ3v) is 3.03. The molecule has 0 radical (unpaired) electrons. The number of benzene rings is 1. The van der Waals surface area contributed by atoms with Crippen molar-refractivity contribution >= 4 is 17.5 Å². The van der Waals surface area contributed by atoms with Gasteiger partial charge in [-0.15, -0.1) is 0 Å². The summed E-state index contributed by atoms with van der Waals surface area (Å²) in [6.45, 7) is 0.384. The van der Waals surface area contributed by atoms with Crippen molar-refractivity contribution in [1.29, 1.82) is 0 Å². The second-order valence-electron chi connectivity index (χ2n) is 4.07. The van der Waals surface area contributed by atoms with Crippen molar-refractivity contribution in [3.63, 3.8) is 0 Å². The van der Waals surface area contributed by atoms with Crippen LogP contribution in [0.15, 0.2) is 42.6 Å². The molecule has 1 heterocycles. The molecular weight excluding hydrogens is 264 g/mol. The van der Waals surface area contributed by atoms with Crippen LogP contribution in [0.4, 0.5) is 0 Å². The summed E-state index contributed by atoms with van der Waals surface area (Å²) in [4.78, 5) is 14.7. The van der Waals surface area contributed by atoms with Gasteiger partial charge in [0.25, 0.3) is 5.91 Å². The lowest BCUT2D eigenvalue weighted by Gasteiger charge is -2.16. The van der Waals surface area contributed by atoms with Crippen molar-refractivity contribution in [2.45, 2.75) is 6.10 Å². The Hall–Kier alpha value is -1.78. The first kappa shape index (κ1) is 13.6. The zero-order valence-electron chi connectivity index (χ0n) is 10.5. The lowest BCUT2D eigenvalue weighted by atomic mass is 10.1. The molecule has 1 atom stereocenters. The van der Waals surface area contributed by atoms with E-state index < -0.39 is 0 Å². The molecule has 19 heavy (non-hydrogen) atoms. The van der Waals surface area contributed by atoms with E-state index in [0.717, 1.165) is 5.56 Å². The van der Waals surface area contributed by atoms with Crippen molar-refractivity contribution in [1.82, 2.24) is 10.3 Å². The van der Waals surface area contributed by atoms with Crippen molar-refractivity contribution < 1.29 is 9.53 Å². The molecule has 0 saturated carbocycles. The van der Waals surface area contributed by atoms with Gasteiger partial charge >= 0.3 is 0 Å². The number of ether oxygens (including phenoxy) is 1. The highest BCUT2D eigenvalue weighted by Crippen LogP contribution is 2.19. The summed E-state index contributed by atoms with van der Waals surface area (Å²) in [5.74, 6) is -0.158. The molecule has 4 nitrogen and oxygen atoms in total. The Kier molecular flexibility index (Phi) is 4.60. The minimum Gasteiger partial charge on any atom is -0.375 e. The standard InChI is InChI=1S/C14H15ClN2O2/c1-19-13(10-4-2-5-11(15)8-10)9-17-14(18)12-6-3-7-16-12/h2-8,13,16H,9H2,1H3,(H,17,18)/t13-/m1/s1. The van der Waals surface area contributed by atoms with Crippen LogP contribution in [0.5, 0.6) is 0 Å². The van der Waals surface area contributed by atoms with Crippen molar-refractivity contribution in [2.24, 2.45) is 0 Å². The van der Waals surface area contributed by atoms with E-state index in [1.165, 1.54) is 0 Å². The molecule has 0 unspecified atom stereocenters. The maximum Gasteiger partial charge on any atom is 0.267 e. The van der Waals surface area contributed by atoms with Crippen molar-refractivity contribution in [3.8, 4) is 0 Å². The van der Waals surface area contributed by atoms with Crippen molar-refractivity contribution in [2.75, 3.05) is 13.7 Å². The summed E-state index contributed by atoms with van der Waals surface area (Å²) in [5.41, 5.74) is 1.46.